The van der Waals surface area contributed by atoms with Crippen LogP contribution in [0.25, 0.3) is 0 Å². The molecule has 2 rings (SSSR count). The first-order valence-electron chi connectivity index (χ1n) is 6.45. The summed E-state index contributed by atoms with van der Waals surface area (Å²) in [6.45, 7) is 2.20. The lowest BCUT2D eigenvalue weighted by molar-refractivity contribution is 0.0863. The zero-order valence-electron chi connectivity index (χ0n) is 10.6. The van der Waals surface area contributed by atoms with Gasteiger partial charge >= 0.3 is 0 Å². The monoisotopic (exact) mass is 235 g/mol. The summed E-state index contributed by atoms with van der Waals surface area (Å²) in [5, 5.41) is 4.04. The molecule has 0 spiro atoms. The highest BCUT2D eigenvalue weighted by atomic mass is 16.1. The average molecular weight is 235 g/mol. The minimum absolute atomic E-state index is 0.153. The maximum absolute atomic E-state index is 12.4. The largest absolute Gasteiger partial charge is 0.383 e. The molecule has 4 heteroatoms. The van der Waals surface area contributed by atoms with E-state index in [0.29, 0.717) is 17.3 Å². The van der Waals surface area contributed by atoms with E-state index in [4.69, 9.17) is 5.73 Å². The van der Waals surface area contributed by atoms with E-state index in [0.717, 1.165) is 19.3 Å². The Balaban J connectivity index is 2.12. The fraction of sp³-hybridized carbons (Fsp3) is 0.692. The van der Waals surface area contributed by atoms with Crippen molar-refractivity contribution >= 4 is 11.6 Å². The highest BCUT2D eigenvalue weighted by Crippen LogP contribution is 2.33. The summed E-state index contributed by atoms with van der Waals surface area (Å²) >= 11 is 0. The number of rotatable bonds is 3. The van der Waals surface area contributed by atoms with Crippen molar-refractivity contribution in [1.82, 2.24) is 9.78 Å². The summed E-state index contributed by atoms with van der Waals surface area (Å²) in [5.41, 5.74) is 6.46. The SMILES string of the molecule is CCC1CCCC(C(=O)c2cnn(C)c2N)C1. The molecule has 0 saturated heterocycles. The number of hydrogen-bond acceptors (Lipinski definition) is 3. The van der Waals surface area contributed by atoms with Gasteiger partial charge < -0.3 is 5.73 Å². The van der Waals surface area contributed by atoms with Crippen molar-refractivity contribution in [1.29, 1.82) is 0 Å². The lowest BCUT2D eigenvalue weighted by atomic mass is 9.77. The maximum Gasteiger partial charge on any atom is 0.171 e. The summed E-state index contributed by atoms with van der Waals surface area (Å²) in [6, 6.07) is 0. The summed E-state index contributed by atoms with van der Waals surface area (Å²) < 4.78 is 1.56. The standard InChI is InChI=1S/C13H21N3O/c1-3-9-5-4-6-10(7-9)12(17)11-8-15-16(2)13(11)14/h8-10H,3-7,14H2,1-2H3. The number of nitrogen functional groups attached to an aromatic ring is 1. The fourth-order valence-electron chi connectivity index (χ4n) is 2.76. The van der Waals surface area contributed by atoms with Gasteiger partial charge in [0.05, 0.1) is 11.8 Å². The molecule has 1 aromatic heterocycles. The smallest absolute Gasteiger partial charge is 0.171 e. The van der Waals surface area contributed by atoms with Crippen molar-refractivity contribution in [3.8, 4) is 0 Å². The van der Waals surface area contributed by atoms with E-state index in [1.54, 1.807) is 17.9 Å². The molecule has 1 aliphatic carbocycles. The molecule has 1 fully saturated rings. The van der Waals surface area contributed by atoms with E-state index in [1.165, 1.54) is 12.8 Å². The lowest BCUT2D eigenvalue weighted by Crippen LogP contribution is -2.23. The van der Waals surface area contributed by atoms with Crippen LogP contribution in [-0.4, -0.2) is 15.6 Å². The molecule has 2 atom stereocenters. The molecule has 2 N–H and O–H groups in total. The zero-order chi connectivity index (χ0) is 12.4. The quantitative estimate of drug-likeness (QED) is 0.818. The Morgan fingerprint density at radius 3 is 2.94 bits per heavy atom. The molecule has 0 aliphatic heterocycles. The third-order valence-electron chi connectivity index (χ3n) is 3.98. The van der Waals surface area contributed by atoms with E-state index >= 15 is 0 Å². The van der Waals surface area contributed by atoms with Crippen molar-refractivity contribution < 1.29 is 4.79 Å². The van der Waals surface area contributed by atoms with E-state index in [2.05, 4.69) is 12.0 Å². The molecule has 0 aromatic carbocycles. The van der Waals surface area contributed by atoms with Crippen LogP contribution in [0.4, 0.5) is 5.82 Å². The maximum atomic E-state index is 12.4. The first kappa shape index (κ1) is 12.1. The summed E-state index contributed by atoms with van der Waals surface area (Å²) in [7, 11) is 1.77. The van der Waals surface area contributed by atoms with E-state index in [9.17, 15) is 4.79 Å². The van der Waals surface area contributed by atoms with Crippen molar-refractivity contribution in [2.45, 2.75) is 39.0 Å². The van der Waals surface area contributed by atoms with Gasteiger partial charge in [-0.3, -0.25) is 9.48 Å². The number of hydrogen-bond donors (Lipinski definition) is 1. The molecule has 1 saturated carbocycles. The van der Waals surface area contributed by atoms with Crippen LogP contribution < -0.4 is 5.73 Å². The molecule has 2 unspecified atom stereocenters. The Morgan fingerprint density at radius 2 is 2.35 bits per heavy atom. The van der Waals surface area contributed by atoms with Crippen molar-refractivity contribution in [3.63, 3.8) is 0 Å². The van der Waals surface area contributed by atoms with Gasteiger partial charge in [0.1, 0.15) is 5.82 Å². The minimum atomic E-state index is 0.153. The third-order valence-corrected chi connectivity index (χ3v) is 3.98. The van der Waals surface area contributed by atoms with Gasteiger partial charge in [0.2, 0.25) is 0 Å². The summed E-state index contributed by atoms with van der Waals surface area (Å²) in [5.74, 6) is 1.54. The highest BCUT2D eigenvalue weighted by molar-refractivity contribution is 6.01. The predicted octanol–water partition coefficient (Wildman–Crippen LogP) is 2.40. The molecule has 4 nitrogen and oxygen atoms in total. The molecular weight excluding hydrogens is 214 g/mol. The summed E-state index contributed by atoms with van der Waals surface area (Å²) in [6.07, 6.45) is 7.23. The predicted molar refractivity (Wildman–Crippen MR) is 67.7 cm³/mol. The Hall–Kier alpha value is -1.32. The van der Waals surface area contributed by atoms with Crippen LogP contribution in [0.3, 0.4) is 0 Å². The van der Waals surface area contributed by atoms with Crippen LogP contribution in [-0.2, 0) is 7.05 Å². The number of aromatic nitrogens is 2. The zero-order valence-corrected chi connectivity index (χ0v) is 10.6. The highest BCUT2D eigenvalue weighted by Gasteiger charge is 2.29. The second-order valence-corrected chi connectivity index (χ2v) is 5.07. The molecule has 0 bridgehead atoms. The van der Waals surface area contributed by atoms with Crippen LogP contribution in [0.1, 0.15) is 49.4 Å². The minimum Gasteiger partial charge on any atom is -0.383 e. The number of carbonyl (C=O) groups excluding carboxylic acids is 1. The number of carbonyl (C=O) groups is 1. The van der Waals surface area contributed by atoms with Crippen LogP contribution in [0.2, 0.25) is 0 Å². The topological polar surface area (TPSA) is 60.9 Å². The van der Waals surface area contributed by atoms with Gasteiger partial charge in [-0.25, -0.2) is 0 Å². The van der Waals surface area contributed by atoms with Gasteiger partial charge in [0.15, 0.2) is 5.78 Å². The summed E-state index contributed by atoms with van der Waals surface area (Å²) in [4.78, 5) is 12.4. The van der Waals surface area contributed by atoms with Crippen LogP contribution in [0.15, 0.2) is 6.20 Å². The molecule has 0 radical (unpaired) electrons. The van der Waals surface area contributed by atoms with Gasteiger partial charge in [-0.05, 0) is 18.8 Å². The third kappa shape index (κ3) is 2.35. The van der Waals surface area contributed by atoms with E-state index in [1.807, 2.05) is 0 Å². The number of nitrogens with zero attached hydrogens (tertiary/aromatic N) is 2. The van der Waals surface area contributed by atoms with E-state index < -0.39 is 0 Å². The number of Topliss-reactive ketones (excluding diaryl/α,β-unsaturated/α-hetero) is 1. The Kier molecular flexibility index (Phi) is 3.50. The molecule has 1 aromatic rings. The second-order valence-electron chi connectivity index (χ2n) is 5.07. The van der Waals surface area contributed by atoms with Gasteiger partial charge in [-0.15, -0.1) is 0 Å². The Morgan fingerprint density at radius 1 is 1.59 bits per heavy atom. The first-order chi connectivity index (χ1) is 8.13. The first-order valence-corrected chi connectivity index (χ1v) is 6.45. The van der Waals surface area contributed by atoms with Crippen LogP contribution >= 0.6 is 0 Å². The van der Waals surface area contributed by atoms with E-state index in [-0.39, 0.29) is 11.7 Å². The molecular formula is C13H21N3O. The Bertz CT molecular complexity index is 411. The molecule has 17 heavy (non-hydrogen) atoms. The van der Waals surface area contributed by atoms with Crippen LogP contribution in [0.5, 0.6) is 0 Å². The molecule has 94 valence electrons. The molecule has 1 aliphatic rings. The van der Waals surface area contributed by atoms with Crippen molar-refractivity contribution in [2.24, 2.45) is 18.9 Å². The normalized spacial score (nSPS) is 24.8. The van der Waals surface area contributed by atoms with Gasteiger partial charge in [0.25, 0.3) is 0 Å². The van der Waals surface area contributed by atoms with Gasteiger partial charge in [-0.1, -0.05) is 26.2 Å². The van der Waals surface area contributed by atoms with Gasteiger partial charge in [-0.2, -0.15) is 5.10 Å². The second kappa shape index (κ2) is 4.90. The number of ketones is 1. The molecule has 1 heterocycles. The fourth-order valence-corrected chi connectivity index (χ4v) is 2.76. The van der Waals surface area contributed by atoms with Gasteiger partial charge in [0, 0.05) is 13.0 Å². The lowest BCUT2D eigenvalue weighted by Gasteiger charge is -2.27. The number of anilines is 1. The average Bonchev–Trinajstić information content (AvgIpc) is 2.69. The number of aryl methyl sites for hydroxylation is 1. The Labute approximate surface area is 102 Å². The van der Waals surface area contributed by atoms with Crippen LogP contribution in [0, 0.1) is 11.8 Å². The molecule has 0 amide bonds. The van der Waals surface area contributed by atoms with Crippen molar-refractivity contribution in [3.05, 3.63) is 11.8 Å². The van der Waals surface area contributed by atoms with Crippen molar-refractivity contribution in [2.75, 3.05) is 5.73 Å². The number of nitrogens with two attached hydrogens (primary N) is 1.